The lowest BCUT2D eigenvalue weighted by molar-refractivity contribution is -0.140. The van der Waals surface area contributed by atoms with Crippen molar-refractivity contribution in [2.24, 2.45) is 5.92 Å². The molecule has 1 heterocycles. The summed E-state index contributed by atoms with van der Waals surface area (Å²) >= 11 is 1.50. The number of carbonyl (C=O) groups excluding carboxylic acids is 1. The normalized spacial score (nSPS) is 20.8. The Balaban J connectivity index is 1.80. The number of esters is 1. The molecule has 0 radical (unpaired) electrons. The maximum Gasteiger partial charge on any atom is 0.319 e. The molecule has 1 aromatic carbocycles. The largest absolute Gasteiger partial charge is 0.468 e. The lowest BCUT2D eigenvalue weighted by atomic mass is 9.89. The Hall–Kier alpha value is -1.81. The second-order valence-corrected chi connectivity index (χ2v) is 7.24. The molecule has 0 spiro atoms. The molecule has 0 N–H and O–H groups in total. The topological polar surface area (TPSA) is 39.2 Å². The average Bonchev–Trinajstić information content (AvgIpc) is 2.90. The molecule has 1 aliphatic carbocycles. The van der Waals surface area contributed by atoms with Crippen molar-refractivity contribution >= 4 is 17.7 Å². The molecule has 0 fully saturated rings. The molecule has 0 amide bonds. The van der Waals surface area contributed by atoms with Gasteiger partial charge in [0.25, 0.3) is 0 Å². The number of benzene rings is 1. The van der Waals surface area contributed by atoms with Crippen LogP contribution in [0.2, 0.25) is 0 Å². The van der Waals surface area contributed by atoms with E-state index in [4.69, 9.17) is 4.74 Å². The highest BCUT2D eigenvalue weighted by Gasteiger charge is 2.34. The van der Waals surface area contributed by atoms with Gasteiger partial charge in [0.2, 0.25) is 0 Å². The molecule has 2 aromatic rings. The zero-order valence-corrected chi connectivity index (χ0v) is 14.3. The van der Waals surface area contributed by atoms with Crippen molar-refractivity contribution in [3.8, 4) is 0 Å². The highest BCUT2D eigenvalue weighted by Crippen LogP contribution is 2.43. The summed E-state index contributed by atoms with van der Waals surface area (Å²) in [7, 11) is 1.46. The lowest BCUT2D eigenvalue weighted by Crippen LogP contribution is -2.23. The van der Waals surface area contributed by atoms with Crippen molar-refractivity contribution in [3.63, 3.8) is 0 Å². The summed E-state index contributed by atoms with van der Waals surface area (Å²) in [4.78, 5) is 16.6. The van der Waals surface area contributed by atoms with Crippen molar-refractivity contribution < 1.29 is 9.53 Å². The van der Waals surface area contributed by atoms with E-state index in [1.54, 1.807) is 6.20 Å². The molecular weight excluding hydrogens is 306 g/mol. The van der Waals surface area contributed by atoms with Gasteiger partial charge in [0.15, 0.2) is 0 Å². The van der Waals surface area contributed by atoms with Crippen LogP contribution in [0.25, 0.3) is 0 Å². The second kappa shape index (κ2) is 7.18. The number of nitrogens with zero attached hydrogens (tertiary/aromatic N) is 1. The number of aromatic nitrogens is 1. The van der Waals surface area contributed by atoms with E-state index < -0.39 is 0 Å². The first-order valence-corrected chi connectivity index (χ1v) is 8.80. The van der Waals surface area contributed by atoms with E-state index >= 15 is 0 Å². The van der Waals surface area contributed by atoms with E-state index in [2.05, 4.69) is 36.2 Å². The van der Waals surface area contributed by atoms with Crippen molar-refractivity contribution in [3.05, 3.63) is 59.8 Å². The Morgan fingerprint density at radius 3 is 2.83 bits per heavy atom. The highest BCUT2D eigenvalue weighted by atomic mass is 32.2. The minimum Gasteiger partial charge on any atom is -0.468 e. The van der Waals surface area contributed by atoms with Crippen LogP contribution in [0.15, 0.2) is 53.7 Å². The fraction of sp³-hybridized carbons (Fsp3) is 0.368. The Bertz CT molecular complexity index is 674. The Labute approximate surface area is 141 Å². The molecular formula is C19H21NO2S. The molecule has 0 saturated heterocycles. The van der Waals surface area contributed by atoms with Crippen LogP contribution in [0.3, 0.4) is 0 Å². The van der Waals surface area contributed by atoms with Crippen LogP contribution in [-0.4, -0.2) is 23.3 Å². The lowest BCUT2D eigenvalue weighted by Gasteiger charge is -2.22. The van der Waals surface area contributed by atoms with E-state index in [0.29, 0.717) is 11.8 Å². The molecule has 4 heteroatoms. The minimum absolute atomic E-state index is 0.169. The first-order valence-electron chi connectivity index (χ1n) is 7.92. The third kappa shape index (κ3) is 3.58. The van der Waals surface area contributed by atoms with Gasteiger partial charge in [0, 0.05) is 6.20 Å². The molecule has 0 saturated carbocycles. The monoisotopic (exact) mass is 327 g/mol. The highest BCUT2D eigenvalue weighted by molar-refractivity contribution is 8.00. The van der Waals surface area contributed by atoms with Gasteiger partial charge in [-0.1, -0.05) is 49.0 Å². The van der Waals surface area contributed by atoms with Crippen LogP contribution in [0.1, 0.15) is 30.4 Å². The summed E-state index contributed by atoms with van der Waals surface area (Å²) in [6.07, 6.45) is 3.62. The van der Waals surface area contributed by atoms with E-state index in [0.717, 1.165) is 17.9 Å². The van der Waals surface area contributed by atoms with Gasteiger partial charge in [-0.05, 0) is 47.9 Å². The molecule has 0 aliphatic heterocycles. The quantitative estimate of drug-likeness (QED) is 0.613. The van der Waals surface area contributed by atoms with E-state index in [9.17, 15) is 4.79 Å². The summed E-state index contributed by atoms with van der Waals surface area (Å²) in [6.45, 7) is 2.27. The van der Waals surface area contributed by atoms with Gasteiger partial charge in [-0.2, -0.15) is 0 Å². The Morgan fingerprint density at radius 1 is 1.30 bits per heavy atom. The molecule has 0 bridgehead atoms. The third-order valence-corrected chi connectivity index (χ3v) is 5.67. The molecule has 3 rings (SSSR count). The molecule has 23 heavy (non-hydrogen) atoms. The average molecular weight is 327 g/mol. The Kier molecular flexibility index (Phi) is 5.01. The number of fused-ring (bicyclic) bond motifs is 1. The maximum absolute atomic E-state index is 12.3. The van der Waals surface area contributed by atoms with Gasteiger partial charge >= 0.3 is 5.97 Å². The molecule has 1 aromatic heterocycles. The van der Waals surface area contributed by atoms with Gasteiger partial charge in [0.05, 0.1) is 12.1 Å². The first kappa shape index (κ1) is 16.1. The van der Waals surface area contributed by atoms with Crippen LogP contribution >= 0.6 is 11.8 Å². The van der Waals surface area contributed by atoms with Crippen LogP contribution < -0.4 is 0 Å². The summed E-state index contributed by atoms with van der Waals surface area (Å²) in [5.74, 6) is 0.771. The number of hydrogen-bond acceptors (Lipinski definition) is 4. The van der Waals surface area contributed by atoms with Crippen LogP contribution in [-0.2, 0) is 16.0 Å². The van der Waals surface area contributed by atoms with Crippen molar-refractivity contribution in [2.45, 2.75) is 36.0 Å². The third-order valence-electron chi connectivity index (χ3n) is 4.52. The van der Waals surface area contributed by atoms with Crippen molar-refractivity contribution in [2.75, 3.05) is 7.11 Å². The fourth-order valence-corrected chi connectivity index (χ4v) is 4.42. The van der Waals surface area contributed by atoms with Gasteiger partial charge < -0.3 is 4.74 Å². The van der Waals surface area contributed by atoms with E-state index in [1.165, 1.54) is 30.0 Å². The number of methoxy groups -OCH3 is 1. The Morgan fingerprint density at radius 2 is 2.09 bits per heavy atom. The smallest absolute Gasteiger partial charge is 0.319 e. The molecule has 1 aliphatic rings. The summed E-state index contributed by atoms with van der Waals surface area (Å²) in [6, 6.07) is 14.3. The number of carbonyl (C=O) groups is 1. The second-order valence-electron chi connectivity index (χ2n) is 6.02. The minimum atomic E-state index is -0.228. The van der Waals surface area contributed by atoms with Gasteiger partial charge in [-0.3, -0.25) is 4.79 Å². The zero-order chi connectivity index (χ0) is 16.2. The van der Waals surface area contributed by atoms with Gasteiger partial charge in [-0.25, -0.2) is 4.98 Å². The van der Waals surface area contributed by atoms with Gasteiger partial charge in [-0.15, -0.1) is 0 Å². The van der Waals surface area contributed by atoms with Gasteiger partial charge in [0.1, 0.15) is 5.25 Å². The van der Waals surface area contributed by atoms with Crippen LogP contribution in [0, 0.1) is 5.92 Å². The van der Waals surface area contributed by atoms with Crippen LogP contribution in [0.5, 0.6) is 0 Å². The number of thioether (sulfide) groups is 1. The zero-order valence-electron chi connectivity index (χ0n) is 13.4. The van der Waals surface area contributed by atoms with E-state index in [-0.39, 0.29) is 11.2 Å². The fourth-order valence-electron chi connectivity index (χ4n) is 3.35. The predicted molar refractivity (Wildman–Crippen MR) is 92.6 cm³/mol. The maximum atomic E-state index is 12.3. The molecule has 3 nitrogen and oxygen atoms in total. The number of ether oxygens (including phenoxy) is 1. The number of rotatable bonds is 5. The van der Waals surface area contributed by atoms with E-state index in [1.807, 2.05) is 18.2 Å². The summed E-state index contributed by atoms with van der Waals surface area (Å²) < 4.78 is 5.03. The van der Waals surface area contributed by atoms with Crippen LogP contribution in [0.4, 0.5) is 0 Å². The number of hydrogen-bond donors (Lipinski definition) is 0. The van der Waals surface area contributed by atoms with Crippen molar-refractivity contribution in [1.29, 1.82) is 0 Å². The summed E-state index contributed by atoms with van der Waals surface area (Å²) in [5, 5.41) is 0.635. The first-order chi connectivity index (χ1) is 11.2. The SMILES string of the molecule is COC(=O)C(C[C@H]1c2ccccc2C[C@@H]1C)Sc1ccccn1. The number of pyridine rings is 1. The molecule has 120 valence electrons. The standard InChI is InChI=1S/C19H21NO2S/c1-13-11-14-7-3-4-8-15(14)16(13)12-17(19(21)22-2)23-18-9-5-6-10-20-18/h3-10,13,16-17H,11-12H2,1-2H3/t13-,16+,17?/m0/s1. The summed E-state index contributed by atoms with van der Waals surface area (Å²) in [5.41, 5.74) is 2.80. The molecule has 3 atom stereocenters. The van der Waals surface area contributed by atoms with Crippen molar-refractivity contribution in [1.82, 2.24) is 4.98 Å². The molecule has 1 unspecified atom stereocenters. The predicted octanol–water partition coefficient (Wildman–Crippen LogP) is 4.08.